The SMILES string of the molecule is COc1ccc([C@H]2O[C@@H](OC(C)=O)[C@H]3[C@@H]2CO[C@@H]3c2ccc(OC)c(OC)c2)cc1OC. The summed E-state index contributed by atoms with van der Waals surface area (Å²) in [5.41, 5.74) is 1.81. The first-order valence-electron chi connectivity index (χ1n) is 10.4. The molecule has 8 nitrogen and oxygen atoms in total. The summed E-state index contributed by atoms with van der Waals surface area (Å²) in [7, 11) is 6.37. The fraction of sp³-hybridized carbons (Fsp3) is 0.458. The third-order valence-electron chi connectivity index (χ3n) is 6.05. The van der Waals surface area contributed by atoms with Crippen LogP contribution >= 0.6 is 0 Å². The highest BCUT2D eigenvalue weighted by molar-refractivity contribution is 5.66. The van der Waals surface area contributed by atoms with Crippen LogP contribution in [0.4, 0.5) is 0 Å². The van der Waals surface area contributed by atoms with Gasteiger partial charge in [0.05, 0.1) is 53.2 Å². The van der Waals surface area contributed by atoms with Gasteiger partial charge >= 0.3 is 5.97 Å². The van der Waals surface area contributed by atoms with Crippen molar-refractivity contribution in [1.82, 2.24) is 0 Å². The van der Waals surface area contributed by atoms with E-state index in [1.807, 2.05) is 36.4 Å². The Morgan fingerprint density at radius 2 is 1.34 bits per heavy atom. The third-order valence-corrected chi connectivity index (χ3v) is 6.05. The average Bonchev–Trinajstić information content (AvgIpc) is 3.39. The van der Waals surface area contributed by atoms with Gasteiger partial charge in [-0.25, -0.2) is 0 Å². The summed E-state index contributed by atoms with van der Waals surface area (Å²) in [6, 6.07) is 11.3. The normalized spacial score (nSPS) is 26.3. The lowest BCUT2D eigenvalue weighted by molar-refractivity contribution is -0.186. The Balaban J connectivity index is 1.68. The van der Waals surface area contributed by atoms with Crippen molar-refractivity contribution in [2.75, 3.05) is 35.0 Å². The van der Waals surface area contributed by atoms with Crippen molar-refractivity contribution in [3.8, 4) is 23.0 Å². The smallest absolute Gasteiger partial charge is 0.304 e. The average molecular weight is 444 g/mol. The monoisotopic (exact) mass is 444 g/mol. The number of carbonyl (C=O) groups excluding carboxylic acids is 1. The van der Waals surface area contributed by atoms with Crippen molar-refractivity contribution < 1.29 is 38.0 Å². The Morgan fingerprint density at radius 1 is 0.812 bits per heavy atom. The molecule has 2 aliphatic rings. The molecule has 4 rings (SSSR count). The van der Waals surface area contributed by atoms with Gasteiger partial charge in [0, 0.05) is 12.8 Å². The van der Waals surface area contributed by atoms with E-state index in [-0.39, 0.29) is 24.0 Å². The zero-order valence-electron chi connectivity index (χ0n) is 18.8. The predicted octanol–water partition coefficient (Wildman–Crippen LogP) is 3.69. The van der Waals surface area contributed by atoms with Gasteiger partial charge in [0.1, 0.15) is 0 Å². The van der Waals surface area contributed by atoms with Crippen molar-refractivity contribution in [2.24, 2.45) is 11.8 Å². The van der Waals surface area contributed by atoms with Gasteiger partial charge in [-0.1, -0.05) is 12.1 Å². The molecule has 2 fully saturated rings. The van der Waals surface area contributed by atoms with Gasteiger partial charge < -0.3 is 33.2 Å². The molecule has 172 valence electrons. The summed E-state index contributed by atoms with van der Waals surface area (Å²) in [5.74, 6) is 1.87. The number of rotatable bonds is 7. The van der Waals surface area contributed by atoms with Gasteiger partial charge in [0.2, 0.25) is 6.29 Å². The maximum absolute atomic E-state index is 11.8. The highest BCUT2D eigenvalue weighted by Gasteiger charge is 2.55. The molecule has 0 aliphatic carbocycles. The molecule has 0 unspecified atom stereocenters. The van der Waals surface area contributed by atoms with Crippen LogP contribution in [0.1, 0.15) is 30.3 Å². The van der Waals surface area contributed by atoms with E-state index in [1.54, 1.807) is 28.4 Å². The van der Waals surface area contributed by atoms with Gasteiger partial charge in [-0.15, -0.1) is 0 Å². The Kier molecular flexibility index (Phi) is 6.43. The molecule has 2 heterocycles. The van der Waals surface area contributed by atoms with Crippen LogP contribution in [0, 0.1) is 11.8 Å². The number of esters is 1. The number of fused-ring (bicyclic) bond motifs is 1. The molecule has 0 aromatic heterocycles. The van der Waals surface area contributed by atoms with Crippen molar-refractivity contribution in [1.29, 1.82) is 0 Å². The molecule has 0 bridgehead atoms. The minimum absolute atomic E-state index is 0.0180. The molecule has 0 N–H and O–H groups in total. The van der Waals surface area contributed by atoms with Gasteiger partial charge in [-0.3, -0.25) is 4.79 Å². The van der Waals surface area contributed by atoms with Crippen molar-refractivity contribution in [2.45, 2.75) is 25.4 Å². The standard InChI is InChI=1S/C24H28O8/c1-13(25)31-24-21-16(22(32-24)14-6-8-17(26-2)19(10-14)28-4)12-30-23(21)15-7-9-18(27-3)20(11-15)29-5/h6-11,16,21-24H,12H2,1-5H3/t16-,21-,22+,23+,24+/m0/s1. The summed E-state index contributed by atoms with van der Waals surface area (Å²) in [4.78, 5) is 11.8. The van der Waals surface area contributed by atoms with Crippen molar-refractivity contribution in [3.63, 3.8) is 0 Å². The number of ether oxygens (including phenoxy) is 7. The lowest BCUT2D eigenvalue weighted by atomic mass is 9.84. The second kappa shape index (κ2) is 9.26. The first kappa shape index (κ1) is 22.2. The first-order valence-corrected chi connectivity index (χ1v) is 10.4. The molecule has 0 radical (unpaired) electrons. The third kappa shape index (κ3) is 3.96. The van der Waals surface area contributed by atoms with E-state index in [4.69, 9.17) is 33.2 Å². The Hall–Kier alpha value is -2.97. The van der Waals surface area contributed by atoms with E-state index < -0.39 is 12.3 Å². The van der Waals surface area contributed by atoms with Crippen LogP contribution in [-0.2, 0) is 19.0 Å². The molecule has 8 heteroatoms. The molecule has 2 aromatic rings. The lowest BCUT2D eigenvalue weighted by Gasteiger charge is -2.23. The lowest BCUT2D eigenvalue weighted by Crippen LogP contribution is -2.27. The number of hydrogen-bond acceptors (Lipinski definition) is 8. The van der Waals surface area contributed by atoms with E-state index >= 15 is 0 Å². The summed E-state index contributed by atoms with van der Waals surface area (Å²) in [6.07, 6.45) is -1.39. The van der Waals surface area contributed by atoms with Gasteiger partial charge in [0.25, 0.3) is 0 Å². The van der Waals surface area contributed by atoms with Crippen LogP contribution in [0.3, 0.4) is 0 Å². The molecule has 0 saturated carbocycles. The van der Waals surface area contributed by atoms with Crippen LogP contribution in [0.25, 0.3) is 0 Å². The van der Waals surface area contributed by atoms with E-state index in [0.717, 1.165) is 11.1 Å². The fourth-order valence-electron chi connectivity index (χ4n) is 4.61. The summed E-state index contributed by atoms with van der Waals surface area (Å²) in [5, 5.41) is 0. The van der Waals surface area contributed by atoms with Crippen LogP contribution < -0.4 is 18.9 Å². The van der Waals surface area contributed by atoms with Crippen LogP contribution in [0.15, 0.2) is 36.4 Å². The topological polar surface area (TPSA) is 81.7 Å². The summed E-state index contributed by atoms with van der Waals surface area (Å²) in [6.45, 7) is 1.84. The molecule has 2 aromatic carbocycles. The quantitative estimate of drug-likeness (QED) is 0.598. The molecule has 0 spiro atoms. The second-order valence-corrected chi connectivity index (χ2v) is 7.76. The molecule has 2 saturated heterocycles. The highest BCUT2D eigenvalue weighted by atomic mass is 16.7. The second-order valence-electron chi connectivity index (χ2n) is 7.76. The predicted molar refractivity (Wildman–Crippen MR) is 114 cm³/mol. The molecule has 0 amide bonds. The van der Waals surface area contributed by atoms with E-state index in [1.165, 1.54) is 6.92 Å². The zero-order chi connectivity index (χ0) is 22.8. The maximum Gasteiger partial charge on any atom is 0.304 e. The van der Waals surface area contributed by atoms with Crippen LogP contribution in [-0.4, -0.2) is 47.3 Å². The Bertz CT molecular complexity index is 921. The molecular formula is C24H28O8. The molecule has 5 atom stereocenters. The Morgan fingerprint density at radius 3 is 1.84 bits per heavy atom. The Labute approximate surface area is 187 Å². The van der Waals surface area contributed by atoms with Crippen LogP contribution in [0.2, 0.25) is 0 Å². The van der Waals surface area contributed by atoms with Gasteiger partial charge in [0.15, 0.2) is 23.0 Å². The van der Waals surface area contributed by atoms with Crippen molar-refractivity contribution in [3.05, 3.63) is 47.5 Å². The molecular weight excluding hydrogens is 416 g/mol. The van der Waals surface area contributed by atoms with E-state index in [9.17, 15) is 4.79 Å². The van der Waals surface area contributed by atoms with E-state index in [2.05, 4.69) is 0 Å². The number of benzene rings is 2. The van der Waals surface area contributed by atoms with Gasteiger partial charge in [-0.2, -0.15) is 0 Å². The molecule has 32 heavy (non-hydrogen) atoms. The highest BCUT2D eigenvalue weighted by Crippen LogP contribution is 2.54. The first-order chi connectivity index (χ1) is 15.5. The zero-order valence-corrected chi connectivity index (χ0v) is 18.8. The number of methoxy groups -OCH3 is 4. The minimum Gasteiger partial charge on any atom is -0.493 e. The van der Waals surface area contributed by atoms with E-state index in [0.29, 0.717) is 29.6 Å². The minimum atomic E-state index is -0.740. The molecule has 2 aliphatic heterocycles. The van der Waals surface area contributed by atoms with Gasteiger partial charge in [-0.05, 0) is 35.4 Å². The number of carbonyl (C=O) groups is 1. The number of hydrogen-bond donors (Lipinski definition) is 0. The maximum atomic E-state index is 11.8. The van der Waals surface area contributed by atoms with Crippen molar-refractivity contribution >= 4 is 5.97 Å². The van der Waals surface area contributed by atoms with Crippen LogP contribution in [0.5, 0.6) is 23.0 Å². The largest absolute Gasteiger partial charge is 0.493 e. The summed E-state index contributed by atoms with van der Waals surface area (Å²) < 4.78 is 39.7. The summed E-state index contributed by atoms with van der Waals surface area (Å²) >= 11 is 0. The fourth-order valence-corrected chi connectivity index (χ4v) is 4.61.